The molecule has 0 saturated heterocycles. The average Bonchev–Trinajstić information content (AvgIpc) is 2.94. The van der Waals surface area contributed by atoms with Gasteiger partial charge in [-0.15, -0.1) is 0 Å². The monoisotopic (exact) mass is 801 g/mol. The Morgan fingerprint density at radius 3 is 0.852 bits per heavy atom. The number of hydrogen-bond acceptors (Lipinski definition) is 12. The Kier molecular flexibility index (Phi) is 138. The molecule has 0 aliphatic heterocycles. The van der Waals surface area contributed by atoms with Crippen molar-refractivity contribution in [3.8, 4) is 0 Å². The molecule has 0 bridgehead atoms. The summed E-state index contributed by atoms with van der Waals surface area (Å²) in [4.78, 5) is 33.3. The fraction of sp³-hybridized carbons (Fsp3) is 0.786. The maximum atomic E-state index is 11.1. The maximum Gasteiger partial charge on any atom is 0.330 e. The van der Waals surface area contributed by atoms with E-state index in [0.717, 1.165) is 18.2 Å². The molecule has 0 amide bonds. The molecule has 0 aromatic heterocycles. The van der Waals surface area contributed by atoms with Gasteiger partial charge in [0.25, 0.3) is 0 Å². The van der Waals surface area contributed by atoms with Crippen molar-refractivity contribution < 1.29 is 57.0 Å². The van der Waals surface area contributed by atoms with Crippen LogP contribution in [0.2, 0.25) is 0 Å². The second-order valence-electron chi connectivity index (χ2n) is 8.19. The van der Waals surface area contributed by atoms with Crippen LogP contribution in [0.25, 0.3) is 0 Å². The first kappa shape index (κ1) is 104. The van der Waals surface area contributed by atoms with Gasteiger partial charge in [-0.2, -0.15) is 0 Å². The molecule has 0 aromatic rings. The van der Waals surface area contributed by atoms with E-state index in [4.69, 9.17) is 42.6 Å². The summed E-state index contributed by atoms with van der Waals surface area (Å²) in [6.45, 7) is 17.9. The zero-order chi connectivity index (χ0) is 29.3. The highest BCUT2D eigenvalue weighted by molar-refractivity contribution is 5.81. The van der Waals surface area contributed by atoms with Gasteiger partial charge in [-0.1, -0.05) is 131 Å². The highest BCUT2D eigenvalue weighted by Gasteiger charge is 2.13. The van der Waals surface area contributed by atoms with E-state index in [1.54, 1.807) is 20.8 Å². The number of carbonyl (C=O) groups is 3. The Balaban J connectivity index is -0.0000000688. The molecule has 0 saturated carbocycles. The SMILES string of the molecule is C.C.C.C.C.C.C.C.C.C.C.C.C.C.C.C=CC(=O)OCC(C)OCCOCC(COCCOC(C)COC(=O)C=C)OCCOC(C)COC(=O)C=C. The van der Waals surface area contributed by atoms with E-state index in [9.17, 15) is 14.4 Å². The number of carbonyl (C=O) groups excluding carboxylic acids is 3. The van der Waals surface area contributed by atoms with E-state index in [1.807, 2.05) is 0 Å². The van der Waals surface area contributed by atoms with E-state index >= 15 is 0 Å². The van der Waals surface area contributed by atoms with Crippen LogP contribution in [0.4, 0.5) is 0 Å². The third kappa shape index (κ3) is 67.5. The van der Waals surface area contributed by atoms with E-state index in [0.29, 0.717) is 26.4 Å². The second-order valence-corrected chi connectivity index (χ2v) is 8.19. The lowest BCUT2D eigenvalue weighted by Gasteiger charge is -2.20. The summed E-state index contributed by atoms with van der Waals surface area (Å²) in [5.41, 5.74) is 0. The predicted molar refractivity (Wildman–Crippen MR) is 242 cm³/mol. The molecule has 0 fully saturated rings. The smallest absolute Gasteiger partial charge is 0.330 e. The summed E-state index contributed by atoms with van der Waals surface area (Å²) in [7, 11) is 0. The zero-order valence-electron chi connectivity index (χ0n) is 23.3. The van der Waals surface area contributed by atoms with Crippen molar-refractivity contribution in [2.45, 2.75) is 157 Å². The van der Waals surface area contributed by atoms with Crippen molar-refractivity contribution in [1.29, 1.82) is 0 Å². The molecule has 12 heteroatoms. The third-order valence-corrected chi connectivity index (χ3v) is 4.59. The molecule has 0 aromatic carbocycles. The average molecular weight is 801 g/mol. The van der Waals surface area contributed by atoms with Crippen molar-refractivity contribution in [2.75, 3.05) is 72.7 Å². The number of hydrogen-bond donors (Lipinski definition) is 0. The number of esters is 3. The lowest BCUT2D eigenvalue weighted by molar-refractivity contribution is -0.144. The lowest BCUT2D eigenvalue weighted by atomic mass is 10.4. The Morgan fingerprint density at radius 1 is 0.389 bits per heavy atom. The molecular formula is C42H104O12. The quantitative estimate of drug-likeness (QED) is 0.0356. The van der Waals surface area contributed by atoms with Crippen LogP contribution < -0.4 is 0 Å². The molecule has 0 radical (unpaired) electrons. The number of rotatable bonds is 26. The molecule has 0 spiro atoms. The topological polar surface area (TPSA) is 134 Å². The second kappa shape index (κ2) is 71.8. The standard InChI is InChI=1S/C27H44O12.15CH4/c1-7-25(28)37-16-21(4)33-12-10-31-19-24(36-15-14-35-23(6)18-39-27(30)9-3)20-32-11-13-34-22(5)17-38-26(29)8-2;;;;;;;;;;;;;;;/h7-9,21-24H,1-3,10-20H2,4-6H3;15*1H4. The molecule has 3 atom stereocenters. The highest BCUT2D eigenvalue weighted by Crippen LogP contribution is 2.01. The van der Waals surface area contributed by atoms with Gasteiger partial charge in [0.2, 0.25) is 0 Å². The first-order chi connectivity index (χ1) is 18.7. The molecule has 0 heterocycles. The van der Waals surface area contributed by atoms with Crippen LogP contribution in [0.1, 0.15) is 132 Å². The van der Waals surface area contributed by atoms with Crippen molar-refractivity contribution in [3.63, 3.8) is 0 Å². The van der Waals surface area contributed by atoms with Gasteiger partial charge in [0.15, 0.2) is 0 Å². The van der Waals surface area contributed by atoms with Gasteiger partial charge in [0.05, 0.1) is 71.2 Å². The van der Waals surface area contributed by atoms with Crippen LogP contribution in [-0.2, 0) is 57.0 Å². The molecule has 3 unspecified atom stereocenters. The van der Waals surface area contributed by atoms with E-state index in [-0.39, 0.29) is 182 Å². The van der Waals surface area contributed by atoms with Gasteiger partial charge in [-0.25, -0.2) is 14.4 Å². The maximum absolute atomic E-state index is 11.1. The largest absolute Gasteiger partial charge is 0.460 e. The highest BCUT2D eigenvalue weighted by atomic mass is 16.6. The van der Waals surface area contributed by atoms with Crippen molar-refractivity contribution in [2.24, 2.45) is 0 Å². The van der Waals surface area contributed by atoms with E-state index < -0.39 is 17.9 Å². The summed E-state index contributed by atoms with van der Waals surface area (Å²) < 4.78 is 48.6. The minimum absolute atomic E-state index is 0. The molecular weight excluding hydrogens is 696 g/mol. The van der Waals surface area contributed by atoms with Gasteiger partial charge < -0.3 is 42.6 Å². The molecule has 344 valence electrons. The van der Waals surface area contributed by atoms with Crippen LogP contribution in [0.3, 0.4) is 0 Å². The Labute approximate surface area is 341 Å². The van der Waals surface area contributed by atoms with Gasteiger partial charge in [-0.3, -0.25) is 0 Å². The van der Waals surface area contributed by atoms with Crippen LogP contribution in [0, 0.1) is 0 Å². The van der Waals surface area contributed by atoms with Crippen LogP contribution in [-0.4, -0.2) is 115 Å². The van der Waals surface area contributed by atoms with E-state index in [2.05, 4.69) is 19.7 Å². The van der Waals surface area contributed by atoms with Crippen LogP contribution >= 0.6 is 0 Å². The fourth-order valence-corrected chi connectivity index (χ4v) is 2.57. The number of ether oxygens (including phenoxy) is 9. The first-order valence-electron chi connectivity index (χ1n) is 12.7. The molecule has 0 aliphatic carbocycles. The van der Waals surface area contributed by atoms with Crippen molar-refractivity contribution >= 4 is 17.9 Å². The minimum Gasteiger partial charge on any atom is -0.460 e. The molecule has 12 nitrogen and oxygen atoms in total. The van der Waals surface area contributed by atoms with Crippen molar-refractivity contribution in [3.05, 3.63) is 38.0 Å². The fourth-order valence-electron chi connectivity index (χ4n) is 2.57. The van der Waals surface area contributed by atoms with E-state index in [1.165, 1.54) is 0 Å². The molecule has 0 rings (SSSR count). The Bertz CT molecular complexity index is 677. The van der Waals surface area contributed by atoms with Crippen molar-refractivity contribution in [1.82, 2.24) is 0 Å². The predicted octanol–water partition coefficient (Wildman–Crippen LogP) is 11.3. The van der Waals surface area contributed by atoms with Crippen LogP contribution in [0.5, 0.6) is 0 Å². The molecule has 54 heavy (non-hydrogen) atoms. The summed E-state index contributed by atoms with van der Waals surface area (Å²) in [5.74, 6) is -1.52. The summed E-state index contributed by atoms with van der Waals surface area (Å²) in [5, 5.41) is 0. The first-order valence-corrected chi connectivity index (χ1v) is 12.7. The zero-order valence-corrected chi connectivity index (χ0v) is 23.3. The van der Waals surface area contributed by atoms with Gasteiger partial charge >= 0.3 is 17.9 Å². The molecule has 0 aliphatic rings. The van der Waals surface area contributed by atoms with Gasteiger partial charge in [0, 0.05) is 18.2 Å². The lowest BCUT2D eigenvalue weighted by Crippen LogP contribution is -2.30. The van der Waals surface area contributed by atoms with Crippen LogP contribution in [0.15, 0.2) is 38.0 Å². The molecule has 0 N–H and O–H groups in total. The third-order valence-electron chi connectivity index (χ3n) is 4.59. The minimum atomic E-state index is -0.511. The summed E-state index contributed by atoms with van der Waals surface area (Å²) in [6.07, 6.45) is 2.00. The van der Waals surface area contributed by atoms with Gasteiger partial charge in [-0.05, 0) is 20.8 Å². The normalized spacial score (nSPS) is 10.1. The summed E-state index contributed by atoms with van der Waals surface area (Å²) in [6, 6.07) is 0. The Hall–Kier alpha value is -2.61. The summed E-state index contributed by atoms with van der Waals surface area (Å²) >= 11 is 0. The van der Waals surface area contributed by atoms with Gasteiger partial charge in [0.1, 0.15) is 25.9 Å². The Morgan fingerprint density at radius 2 is 0.611 bits per heavy atom.